The highest BCUT2D eigenvalue weighted by Crippen LogP contribution is 2.02. The molecule has 0 aliphatic rings. The molecule has 2 heteroatoms. The van der Waals surface area contributed by atoms with Gasteiger partial charge in [0.25, 0.3) is 0 Å². The summed E-state index contributed by atoms with van der Waals surface area (Å²) in [5.41, 5.74) is 0. The molecule has 0 heterocycles. The molecule has 0 radical (unpaired) electrons. The zero-order valence-corrected chi connectivity index (χ0v) is 4.95. The van der Waals surface area contributed by atoms with Gasteiger partial charge in [0.15, 0.2) is 0 Å². The van der Waals surface area contributed by atoms with Gasteiger partial charge in [-0.15, -0.1) is 0 Å². The van der Waals surface area contributed by atoms with Crippen LogP contribution in [0, 0.1) is 0 Å². The van der Waals surface area contributed by atoms with Crippen LogP contribution in [0.3, 0.4) is 0 Å². The van der Waals surface area contributed by atoms with Crippen molar-refractivity contribution in [2.45, 2.75) is 19.8 Å². The zero-order valence-electron chi connectivity index (χ0n) is 4.95. The molecule has 0 aromatic rings. The second kappa shape index (κ2) is 4.75. The van der Waals surface area contributed by atoms with Gasteiger partial charge in [-0.1, -0.05) is 13.0 Å². The molecule has 8 heavy (non-hydrogen) atoms. The summed E-state index contributed by atoms with van der Waals surface area (Å²) in [6.45, 7) is 1.23. The second-order valence-corrected chi connectivity index (χ2v) is 1.48. The summed E-state index contributed by atoms with van der Waals surface area (Å²) in [6.07, 6.45) is 1.86. The van der Waals surface area contributed by atoms with Crippen LogP contribution < -0.4 is 0 Å². The molecule has 48 valence electrons. The highest BCUT2D eigenvalue weighted by Gasteiger charge is 1.85. The van der Waals surface area contributed by atoms with Crippen molar-refractivity contribution in [3.63, 3.8) is 0 Å². The van der Waals surface area contributed by atoms with E-state index in [0.717, 1.165) is 0 Å². The number of allylic oxidation sites excluding steroid dienone is 2. The van der Waals surface area contributed by atoms with Gasteiger partial charge in [-0.2, -0.15) is 0 Å². The zero-order chi connectivity index (χ0) is 6.41. The van der Waals surface area contributed by atoms with E-state index in [1.165, 1.54) is 6.08 Å². The van der Waals surface area contributed by atoms with Crippen LogP contribution in [0.1, 0.15) is 19.8 Å². The quantitative estimate of drug-likeness (QED) is 0.537. The fourth-order valence-corrected chi connectivity index (χ4v) is 0.356. The lowest BCUT2D eigenvalue weighted by molar-refractivity contribution is 0.494. The van der Waals surface area contributed by atoms with Gasteiger partial charge in [0, 0.05) is 0 Å². The van der Waals surface area contributed by atoms with Crippen molar-refractivity contribution in [3.05, 3.63) is 11.9 Å². The Balaban J connectivity index is 3.26. The van der Waals surface area contributed by atoms with Crippen LogP contribution in [0.4, 0.5) is 8.78 Å². The minimum Gasteiger partial charge on any atom is -0.251 e. The standard InChI is InChI=1S/C6H10F2/c1-2-6(8)4-3-5-7/h4H,2-3,5H2,1H3/b6-4+. The largest absolute Gasteiger partial charge is 0.251 e. The molecule has 0 atom stereocenters. The van der Waals surface area contributed by atoms with Crippen molar-refractivity contribution in [2.75, 3.05) is 6.67 Å². The third-order valence-corrected chi connectivity index (χ3v) is 0.813. The summed E-state index contributed by atoms with van der Waals surface area (Å²) < 4.78 is 23.3. The molecule has 0 aliphatic carbocycles. The Hall–Kier alpha value is -0.400. The molecule has 0 saturated carbocycles. The van der Waals surface area contributed by atoms with Crippen LogP contribution in [-0.2, 0) is 0 Å². The molecule has 0 rings (SSSR count). The first-order valence-corrected chi connectivity index (χ1v) is 2.71. The van der Waals surface area contributed by atoms with E-state index < -0.39 is 6.67 Å². The van der Waals surface area contributed by atoms with Gasteiger partial charge in [-0.25, -0.2) is 4.39 Å². The van der Waals surface area contributed by atoms with Gasteiger partial charge in [0.2, 0.25) is 0 Å². The smallest absolute Gasteiger partial charge is 0.0958 e. The topological polar surface area (TPSA) is 0 Å². The Morgan fingerprint density at radius 2 is 2.25 bits per heavy atom. The highest BCUT2D eigenvalue weighted by molar-refractivity contribution is 4.89. The van der Waals surface area contributed by atoms with E-state index >= 15 is 0 Å². The normalized spacial score (nSPS) is 12.1. The molecular formula is C6H10F2. The van der Waals surface area contributed by atoms with Crippen LogP contribution in [0.5, 0.6) is 0 Å². The maximum absolute atomic E-state index is 12.0. The highest BCUT2D eigenvalue weighted by atomic mass is 19.1. The van der Waals surface area contributed by atoms with Crippen molar-refractivity contribution in [3.8, 4) is 0 Å². The average molecular weight is 120 g/mol. The predicted molar refractivity (Wildman–Crippen MR) is 30.1 cm³/mol. The SMILES string of the molecule is CC/C(F)=C\CCF. The van der Waals surface area contributed by atoms with E-state index in [2.05, 4.69) is 0 Å². The van der Waals surface area contributed by atoms with Crippen molar-refractivity contribution in [2.24, 2.45) is 0 Å². The number of alkyl halides is 1. The third-order valence-electron chi connectivity index (χ3n) is 0.813. The summed E-state index contributed by atoms with van der Waals surface area (Å²) in [4.78, 5) is 0. The number of hydrogen-bond acceptors (Lipinski definition) is 0. The summed E-state index contributed by atoms with van der Waals surface area (Å²) in [6, 6.07) is 0. The lowest BCUT2D eigenvalue weighted by atomic mass is 10.3. The Morgan fingerprint density at radius 3 is 2.62 bits per heavy atom. The predicted octanol–water partition coefficient (Wildman–Crippen LogP) is 2.61. The first-order valence-electron chi connectivity index (χ1n) is 2.71. The monoisotopic (exact) mass is 120 g/mol. The molecule has 0 N–H and O–H groups in total. The lowest BCUT2D eigenvalue weighted by Crippen LogP contribution is -1.72. The summed E-state index contributed by atoms with van der Waals surface area (Å²) >= 11 is 0. The van der Waals surface area contributed by atoms with Crippen LogP contribution >= 0.6 is 0 Å². The number of rotatable bonds is 3. The molecule has 0 aromatic carbocycles. The van der Waals surface area contributed by atoms with Crippen LogP contribution in [0.15, 0.2) is 11.9 Å². The van der Waals surface area contributed by atoms with Gasteiger partial charge >= 0.3 is 0 Å². The molecule has 0 nitrogen and oxygen atoms in total. The molecule has 0 spiro atoms. The molecule has 0 aromatic heterocycles. The minimum atomic E-state index is -0.465. The van der Waals surface area contributed by atoms with Gasteiger partial charge in [0.1, 0.15) is 0 Å². The van der Waals surface area contributed by atoms with Gasteiger partial charge in [-0.3, -0.25) is 4.39 Å². The van der Waals surface area contributed by atoms with Crippen molar-refractivity contribution in [1.82, 2.24) is 0 Å². The maximum Gasteiger partial charge on any atom is 0.0958 e. The Labute approximate surface area is 48.2 Å². The summed E-state index contributed by atoms with van der Waals surface area (Å²) in [7, 11) is 0. The van der Waals surface area contributed by atoms with Crippen molar-refractivity contribution >= 4 is 0 Å². The van der Waals surface area contributed by atoms with Crippen molar-refractivity contribution in [1.29, 1.82) is 0 Å². The van der Waals surface area contributed by atoms with Crippen LogP contribution in [-0.4, -0.2) is 6.67 Å². The first kappa shape index (κ1) is 7.60. The second-order valence-electron chi connectivity index (χ2n) is 1.48. The van der Waals surface area contributed by atoms with Crippen molar-refractivity contribution < 1.29 is 8.78 Å². The first-order chi connectivity index (χ1) is 3.81. The third kappa shape index (κ3) is 3.78. The van der Waals surface area contributed by atoms with Gasteiger partial charge < -0.3 is 0 Å². The van der Waals surface area contributed by atoms with Crippen LogP contribution in [0.2, 0.25) is 0 Å². The average Bonchev–Trinajstić information content (AvgIpc) is 1.83. The van der Waals surface area contributed by atoms with E-state index in [9.17, 15) is 8.78 Å². The fourth-order valence-electron chi connectivity index (χ4n) is 0.356. The van der Waals surface area contributed by atoms with Gasteiger partial charge in [0.05, 0.1) is 12.5 Å². The fraction of sp³-hybridized carbons (Fsp3) is 0.667. The van der Waals surface area contributed by atoms with E-state index in [0.29, 0.717) is 6.42 Å². The number of halogens is 2. The maximum atomic E-state index is 12.0. The Morgan fingerprint density at radius 1 is 1.62 bits per heavy atom. The molecule has 0 unspecified atom stereocenters. The molecule has 0 amide bonds. The number of hydrogen-bond donors (Lipinski definition) is 0. The molecular weight excluding hydrogens is 110 g/mol. The van der Waals surface area contributed by atoms with E-state index in [4.69, 9.17) is 0 Å². The Kier molecular flexibility index (Phi) is 4.51. The van der Waals surface area contributed by atoms with Crippen LogP contribution in [0.25, 0.3) is 0 Å². The Bertz CT molecular complexity index is 76.6. The van der Waals surface area contributed by atoms with Gasteiger partial charge in [-0.05, 0) is 12.8 Å². The molecule has 0 saturated heterocycles. The molecule has 0 aliphatic heterocycles. The summed E-state index contributed by atoms with van der Waals surface area (Å²) in [5.74, 6) is -0.220. The van der Waals surface area contributed by atoms with E-state index in [1.54, 1.807) is 6.92 Å². The van der Waals surface area contributed by atoms with E-state index in [1.807, 2.05) is 0 Å². The lowest BCUT2D eigenvalue weighted by Gasteiger charge is -1.85. The molecule has 0 fully saturated rings. The van der Waals surface area contributed by atoms with E-state index in [-0.39, 0.29) is 12.2 Å². The minimum absolute atomic E-state index is 0.208. The molecule has 0 bridgehead atoms. The summed E-state index contributed by atoms with van der Waals surface area (Å²) in [5, 5.41) is 0.